The minimum Gasteiger partial charge on any atom is -0.462 e. The second kappa shape index (κ2) is 10.3. The summed E-state index contributed by atoms with van der Waals surface area (Å²) < 4.78 is 12.7. The molecule has 2 aromatic carbocycles. The van der Waals surface area contributed by atoms with Crippen molar-refractivity contribution >= 4 is 11.9 Å². The molecule has 0 saturated carbocycles. The van der Waals surface area contributed by atoms with Crippen molar-refractivity contribution in [1.29, 1.82) is 0 Å². The van der Waals surface area contributed by atoms with Crippen LogP contribution in [-0.4, -0.2) is 72.2 Å². The third-order valence-electron chi connectivity index (χ3n) is 11.2. The Morgan fingerprint density at radius 3 is 1.82 bits per heavy atom. The molecule has 4 bridgehead atoms. The topological polar surface area (TPSA) is 59.1 Å². The van der Waals surface area contributed by atoms with Gasteiger partial charge < -0.3 is 19.3 Å². The van der Waals surface area contributed by atoms with E-state index in [-0.39, 0.29) is 30.1 Å². The summed E-state index contributed by atoms with van der Waals surface area (Å²) in [6, 6.07) is 20.1. The number of esters is 2. The van der Waals surface area contributed by atoms with E-state index in [1.807, 2.05) is 54.6 Å². The van der Waals surface area contributed by atoms with Crippen LogP contribution in [0.5, 0.6) is 0 Å². The maximum Gasteiger partial charge on any atom is 0.321 e. The molecular formula is C34H42N2O4. The summed E-state index contributed by atoms with van der Waals surface area (Å²) in [5, 5.41) is 0. The molecule has 212 valence electrons. The maximum absolute atomic E-state index is 14.4. The molecule has 4 fully saturated rings. The Morgan fingerprint density at radius 2 is 1.23 bits per heavy atom. The van der Waals surface area contributed by atoms with Crippen molar-refractivity contribution in [3.63, 3.8) is 0 Å². The van der Waals surface area contributed by atoms with Crippen LogP contribution in [-0.2, 0) is 24.5 Å². The molecule has 5 aliphatic rings. The highest BCUT2D eigenvalue weighted by Gasteiger charge is 2.52. The standard InChI is InChI=1S/C34H42N2O4/c1-35-23-12-13-24(35)19-27(18-23)39-32(37)30-16-17-34(22-8-4-3-5-9-22,31-11-7-6-10-29(30)31)33(38)40-28-20-25-14-15-26(21-28)36(25)2/h3-11,23-28,30H,12-21H2,1-2H3/t23-,24?,25?,26?,27?,28?,30+,34+/m1/s1. The smallest absolute Gasteiger partial charge is 0.321 e. The van der Waals surface area contributed by atoms with Crippen molar-refractivity contribution in [2.45, 2.75) is 112 Å². The largest absolute Gasteiger partial charge is 0.462 e. The molecule has 6 heteroatoms. The van der Waals surface area contributed by atoms with Crippen molar-refractivity contribution in [2.75, 3.05) is 14.1 Å². The highest BCUT2D eigenvalue weighted by molar-refractivity contribution is 5.91. The third-order valence-corrected chi connectivity index (χ3v) is 11.2. The van der Waals surface area contributed by atoms with Gasteiger partial charge in [0.1, 0.15) is 17.6 Å². The number of piperidine rings is 2. The molecule has 0 N–H and O–H groups in total. The van der Waals surface area contributed by atoms with Crippen LogP contribution in [0.3, 0.4) is 0 Å². The number of carbonyl (C=O) groups is 2. The van der Waals surface area contributed by atoms with Crippen LogP contribution in [0.15, 0.2) is 54.6 Å². The first-order valence-corrected chi connectivity index (χ1v) is 15.4. The maximum atomic E-state index is 14.4. The predicted molar refractivity (Wildman–Crippen MR) is 153 cm³/mol. The van der Waals surface area contributed by atoms with Crippen molar-refractivity contribution in [1.82, 2.24) is 9.80 Å². The number of carbonyl (C=O) groups excluding carboxylic acids is 2. The van der Waals surface area contributed by atoms with Crippen molar-refractivity contribution in [2.24, 2.45) is 0 Å². The fourth-order valence-electron chi connectivity index (χ4n) is 8.85. The van der Waals surface area contributed by atoms with Crippen molar-refractivity contribution in [3.05, 3.63) is 71.3 Å². The van der Waals surface area contributed by atoms with E-state index in [2.05, 4.69) is 23.9 Å². The first kappa shape index (κ1) is 26.2. The van der Waals surface area contributed by atoms with Crippen LogP contribution in [0.1, 0.15) is 86.8 Å². The number of fused-ring (bicyclic) bond motifs is 5. The molecule has 0 amide bonds. The highest BCUT2D eigenvalue weighted by Crippen LogP contribution is 2.49. The highest BCUT2D eigenvalue weighted by atomic mass is 16.5. The Bertz CT molecular complexity index is 1240. The van der Waals surface area contributed by atoms with Crippen LogP contribution >= 0.6 is 0 Å². The number of ether oxygens (including phenoxy) is 2. The first-order chi connectivity index (χ1) is 19.4. The van der Waals surface area contributed by atoms with E-state index < -0.39 is 5.41 Å². The monoisotopic (exact) mass is 542 g/mol. The minimum absolute atomic E-state index is 0.0149. The van der Waals surface area contributed by atoms with Crippen LogP contribution in [0.4, 0.5) is 0 Å². The molecule has 0 radical (unpaired) electrons. The van der Waals surface area contributed by atoms with Crippen LogP contribution in [0.25, 0.3) is 0 Å². The summed E-state index contributed by atoms with van der Waals surface area (Å²) in [5.74, 6) is -0.667. The van der Waals surface area contributed by atoms with Gasteiger partial charge in [-0.25, -0.2) is 0 Å². The zero-order valence-electron chi connectivity index (χ0n) is 23.8. The molecule has 4 heterocycles. The minimum atomic E-state index is -0.927. The van der Waals surface area contributed by atoms with Gasteiger partial charge in [-0.1, -0.05) is 54.6 Å². The normalized spacial score (nSPS) is 37.1. The Morgan fingerprint density at radius 1 is 0.700 bits per heavy atom. The zero-order chi connectivity index (χ0) is 27.4. The molecule has 0 spiro atoms. The van der Waals surface area contributed by atoms with Gasteiger partial charge in [0.2, 0.25) is 0 Å². The number of nitrogens with zero attached hydrogens (tertiary/aromatic N) is 2. The van der Waals surface area contributed by atoms with Gasteiger partial charge in [0.15, 0.2) is 0 Å². The molecule has 4 aliphatic heterocycles. The zero-order valence-corrected chi connectivity index (χ0v) is 23.8. The van der Waals surface area contributed by atoms with Crippen molar-refractivity contribution < 1.29 is 19.1 Å². The lowest BCUT2D eigenvalue weighted by atomic mass is 9.63. The van der Waals surface area contributed by atoms with E-state index in [0.29, 0.717) is 37.0 Å². The summed E-state index contributed by atoms with van der Waals surface area (Å²) in [4.78, 5) is 33.1. The summed E-state index contributed by atoms with van der Waals surface area (Å²) in [7, 11) is 4.41. The molecular weight excluding hydrogens is 500 g/mol. The van der Waals surface area contributed by atoms with E-state index in [4.69, 9.17) is 9.47 Å². The Labute approximate surface area is 238 Å². The molecule has 7 atom stereocenters. The van der Waals surface area contributed by atoms with Crippen molar-refractivity contribution in [3.8, 4) is 0 Å². The second-order valence-electron chi connectivity index (χ2n) is 13.1. The Hall–Kier alpha value is -2.70. The van der Waals surface area contributed by atoms with Gasteiger partial charge in [-0.05, 0) is 95.0 Å². The summed E-state index contributed by atoms with van der Waals surface area (Å²) in [6.45, 7) is 0. The quantitative estimate of drug-likeness (QED) is 0.485. The molecule has 4 unspecified atom stereocenters. The van der Waals surface area contributed by atoms with Gasteiger partial charge in [0.05, 0.1) is 5.92 Å². The van der Waals surface area contributed by atoms with Gasteiger partial charge in [0, 0.05) is 24.2 Å². The van der Waals surface area contributed by atoms with Gasteiger partial charge >= 0.3 is 11.9 Å². The molecule has 4 saturated heterocycles. The average molecular weight is 543 g/mol. The van der Waals surface area contributed by atoms with Gasteiger partial charge in [-0.2, -0.15) is 0 Å². The molecule has 7 rings (SSSR count). The van der Waals surface area contributed by atoms with E-state index in [1.54, 1.807) is 0 Å². The molecule has 6 nitrogen and oxygen atoms in total. The predicted octanol–water partition coefficient (Wildman–Crippen LogP) is 5.19. The van der Waals surface area contributed by atoms with E-state index in [9.17, 15) is 9.59 Å². The second-order valence-corrected chi connectivity index (χ2v) is 13.1. The van der Waals surface area contributed by atoms with Gasteiger partial charge in [-0.15, -0.1) is 0 Å². The Kier molecular flexibility index (Phi) is 6.74. The molecule has 2 aromatic rings. The number of benzene rings is 2. The SMILES string of the molecule is CN1C2CCC1CC(OC(=O)[C@]1(c3ccccc3)CC[C@H](C(=O)OC3CC4CC[C@H](C3)N4C)c3ccccc31)C2. The fourth-order valence-corrected chi connectivity index (χ4v) is 8.85. The molecule has 40 heavy (non-hydrogen) atoms. The van der Waals surface area contributed by atoms with E-state index in [1.165, 1.54) is 25.7 Å². The van der Waals surface area contributed by atoms with Gasteiger partial charge in [-0.3, -0.25) is 9.59 Å². The number of hydrogen-bond donors (Lipinski definition) is 0. The van der Waals surface area contributed by atoms with Crippen LogP contribution in [0, 0.1) is 0 Å². The lowest BCUT2D eigenvalue weighted by Crippen LogP contribution is -2.48. The molecule has 0 aromatic heterocycles. The molecule has 1 aliphatic carbocycles. The van der Waals surface area contributed by atoms with Crippen LogP contribution in [0.2, 0.25) is 0 Å². The van der Waals surface area contributed by atoms with Crippen LogP contribution < -0.4 is 0 Å². The Balaban J connectivity index is 1.18. The fraction of sp³-hybridized carbons (Fsp3) is 0.588. The number of rotatable bonds is 5. The lowest BCUT2D eigenvalue weighted by molar-refractivity contribution is -0.160. The van der Waals surface area contributed by atoms with Gasteiger partial charge in [0.25, 0.3) is 0 Å². The average Bonchev–Trinajstić information content (AvgIpc) is 3.28. The number of hydrogen-bond acceptors (Lipinski definition) is 6. The summed E-state index contributed by atoms with van der Waals surface area (Å²) >= 11 is 0. The third kappa shape index (κ3) is 4.30. The van der Waals surface area contributed by atoms with E-state index >= 15 is 0 Å². The summed E-state index contributed by atoms with van der Waals surface area (Å²) in [6.07, 6.45) is 9.44. The first-order valence-electron chi connectivity index (χ1n) is 15.4. The van der Waals surface area contributed by atoms with E-state index in [0.717, 1.165) is 42.4 Å². The lowest BCUT2D eigenvalue weighted by Gasteiger charge is -2.42. The summed E-state index contributed by atoms with van der Waals surface area (Å²) in [5.41, 5.74) is 1.84.